The maximum absolute atomic E-state index is 12.5. The van der Waals surface area contributed by atoms with Gasteiger partial charge >= 0.3 is 0 Å². The van der Waals surface area contributed by atoms with Gasteiger partial charge in [-0.3, -0.25) is 0 Å². The Morgan fingerprint density at radius 1 is 1.53 bits per heavy atom. The molecule has 0 bridgehead atoms. The molecule has 0 aliphatic carbocycles. The summed E-state index contributed by atoms with van der Waals surface area (Å²) < 4.78 is 26.3. The van der Waals surface area contributed by atoms with Gasteiger partial charge < -0.3 is 10.7 Å². The van der Waals surface area contributed by atoms with E-state index in [2.05, 4.69) is 4.98 Å². The Kier molecular flexibility index (Phi) is 4.10. The number of sulfonamides is 1. The molecule has 104 valence electrons. The van der Waals surface area contributed by atoms with E-state index in [-0.39, 0.29) is 10.9 Å². The lowest BCUT2D eigenvalue weighted by Crippen LogP contribution is -2.29. The molecule has 0 spiro atoms. The molecular formula is C12H17N3O2S2. The Morgan fingerprint density at radius 3 is 2.79 bits per heavy atom. The van der Waals surface area contributed by atoms with Gasteiger partial charge in [0.15, 0.2) is 0 Å². The van der Waals surface area contributed by atoms with Crippen LogP contribution in [0.1, 0.15) is 23.5 Å². The zero-order chi connectivity index (χ0) is 14.0. The first-order valence-corrected chi connectivity index (χ1v) is 8.17. The summed E-state index contributed by atoms with van der Waals surface area (Å²) in [6, 6.07) is 5.23. The van der Waals surface area contributed by atoms with Gasteiger partial charge in [0.25, 0.3) is 0 Å². The van der Waals surface area contributed by atoms with Crippen LogP contribution in [0.2, 0.25) is 0 Å². The van der Waals surface area contributed by atoms with E-state index >= 15 is 0 Å². The number of nitrogens with one attached hydrogen (secondary N) is 1. The Balaban J connectivity index is 2.28. The lowest BCUT2D eigenvalue weighted by molar-refractivity contribution is 0.403. The van der Waals surface area contributed by atoms with E-state index < -0.39 is 10.0 Å². The summed E-state index contributed by atoms with van der Waals surface area (Å²) >= 11 is 1.55. The third-order valence-corrected chi connectivity index (χ3v) is 6.06. The molecule has 2 rings (SSSR count). The molecule has 0 aliphatic heterocycles. The van der Waals surface area contributed by atoms with Gasteiger partial charge in [0.2, 0.25) is 10.0 Å². The summed E-state index contributed by atoms with van der Waals surface area (Å²) in [6.07, 6.45) is 1.48. The second kappa shape index (κ2) is 5.46. The maximum atomic E-state index is 12.5. The number of hydrogen-bond acceptors (Lipinski definition) is 4. The molecule has 0 radical (unpaired) electrons. The van der Waals surface area contributed by atoms with Crippen LogP contribution >= 0.6 is 11.3 Å². The van der Waals surface area contributed by atoms with Crippen molar-refractivity contribution in [3.05, 3.63) is 40.3 Å². The van der Waals surface area contributed by atoms with Crippen molar-refractivity contribution >= 4 is 21.4 Å². The number of nitrogens with two attached hydrogens (primary N) is 1. The van der Waals surface area contributed by atoms with Crippen molar-refractivity contribution in [3.8, 4) is 0 Å². The van der Waals surface area contributed by atoms with E-state index in [4.69, 9.17) is 5.73 Å². The van der Waals surface area contributed by atoms with Gasteiger partial charge in [-0.2, -0.15) is 4.31 Å². The molecule has 0 saturated carbocycles. The van der Waals surface area contributed by atoms with Crippen LogP contribution in [0.15, 0.2) is 34.7 Å². The topological polar surface area (TPSA) is 79.2 Å². The quantitative estimate of drug-likeness (QED) is 0.885. The number of nitrogens with zero attached hydrogens (tertiary/aromatic N) is 1. The van der Waals surface area contributed by atoms with Crippen LogP contribution in [0.3, 0.4) is 0 Å². The molecule has 2 heterocycles. The predicted octanol–water partition coefficient (Wildman–Crippen LogP) is 1.92. The first kappa shape index (κ1) is 14.3. The highest BCUT2D eigenvalue weighted by Crippen LogP contribution is 2.28. The van der Waals surface area contributed by atoms with Gasteiger partial charge in [-0.25, -0.2) is 8.42 Å². The summed E-state index contributed by atoms with van der Waals surface area (Å²) in [5.41, 5.74) is 6.19. The maximum Gasteiger partial charge on any atom is 0.244 e. The van der Waals surface area contributed by atoms with Crippen molar-refractivity contribution in [1.82, 2.24) is 9.29 Å². The monoisotopic (exact) mass is 299 g/mol. The first-order chi connectivity index (χ1) is 8.96. The van der Waals surface area contributed by atoms with Crippen molar-refractivity contribution in [3.63, 3.8) is 0 Å². The Labute approximate surface area is 117 Å². The normalized spacial score (nSPS) is 13.9. The van der Waals surface area contributed by atoms with Crippen LogP contribution in [-0.2, 0) is 16.6 Å². The highest BCUT2D eigenvalue weighted by Gasteiger charge is 2.27. The predicted molar refractivity (Wildman–Crippen MR) is 76.4 cm³/mol. The smallest absolute Gasteiger partial charge is 0.244 e. The highest BCUT2D eigenvalue weighted by atomic mass is 32.2. The second-order valence-electron chi connectivity index (χ2n) is 4.28. The van der Waals surface area contributed by atoms with Crippen molar-refractivity contribution in [2.75, 3.05) is 7.05 Å². The number of hydrogen-bond donors (Lipinski definition) is 2. The fourth-order valence-corrected chi connectivity index (χ4v) is 4.02. The van der Waals surface area contributed by atoms with Gasteiger partial charge in [-0.05, 0) is 24.4 Å². The van der Waals surface area contributed by atoms with Gasteiger partial charge in [-0.15, -0.1) is 11.3 Å². The molecule has 0 aromatic carbocycles. The zero-order valence-corrected chi connectivity index (χ0v) is 12.5. The standard InChI is InChI=1S/C12H17N3O2S2/c1-9(12-4-3-5-18-12)15(2)19(16,17)11-6-10(7-13)14-8-11/h3-6,8-9,14H,7,13H2,1-2H3. The van der Waals surface area contributed by atoms with Crippen molar-refractivity contribution < 1.29 is 8.42 Å². The second-order valence-corrected chi connectivity index (χ2v) is 7.25. The summed E-state index contributed by atoms with van der Waals surface area (Å²) in [5, 5.41) is 1.94. The van der Waals surface area contributed by atoms with E-state index in [0.29, 0.717) is 12.2 Å². The molecule has 3 N–H and O–H groups in total. The van der Waals surface area contributed by atoms with Gasteiger partial charge in [0.1, 0.15) is 0 Å². The van der Waals surface area contributed by atoms with Crippen molar-refractivity contribution in [1.29, 1.82) is 0 Å². The fourth-order valence-electron chi connectivity index (χ4n) is 1.77. The van der Waals surface area contributed by atoms with Crippen LogP contribution < -0.4 is 5.73 Å². The molecule has 2 aromatic rings. The zero-order valence-electron chi connectivity index (χ0n) is 10.8. The molecule has 0 aliphatic rings. The molecule has 1 unspecified atom stereocenters. The summed E-state index contributed by atoms with van der Waals surface area (Å²) in [6.45, 7) is 2.17. The third kappa shape index (κ3) is 2.74. The average molecular weight is 299 g/mol. The van der Waals surface area contributed by atoms with E-state index in [0.717, 1.165) is 4.88 Å². The van der Waals surface area contributed by atoms with E-state index in [9.17, 15) is 8.42 Å². The molecule has 0 fully saturated rings. The van der Waals surface area contributed by atoms with Crippen LogP contribution in [0.5, 0.6) is 0 Å². The fraction of sp³-hybridized carbons (Fsp3) is 0.333. The van der Waals surface area contributed by atoms with Crippen LogP contribution in [-0.4, -0.2) is 24.8 Å². The Bertz CT molecular complexity index is 632. The molecule has 5 nitrogen and oxygen atoms in total. The third-order valence-electron chi connectivity index (χ3n) is 3.11. The van der Waals surface area contributed by atoms with Gasteiger partial charge in [-0.1, -0.05) is 6.07 Å². The van der Waals surface area contributed by atoms with Crippen LogP contribution in [0.25, 0.3) is 0 Å². The highest BCUT2D eigenvalue weighted by molar-refractivity contribution is 7.89. The number of aromatic nitrogens is 1. The summed E-state index contributed by atoms with van der Waals surface area (Å²) in [7, 11) is -1.91. The first-order valence-electron chi connectivity index (χ1n) is 5.85. The largest absolute Gasteiger partial charge is 0.363 e. The minimum Gasteiger partial charge on any atom is -0.363 e. The SMILES string of the molecule is CC(c1cccs1)N(C)S(=O)(=O)c1c[nH]c(CN)c1. The molecule has 19 heavy (non-hydrogen) atoms. The lowest BCUT2D eigenvalue weighted by atomic mass is 10.3. The Morgan fingerprint density at radius 2 is 2.26 bits per heavy atom. The number of aromatic amines is 1. The number of H-pyrrole nitrogens is 1. The molecule has 7 heteroatoms. The number of thiophene rings is 1. The van der Waals surface area contributed by atoms with Crippen molar-refractivity contribution in [2.45, 2.75) is 24.4 Å². The molecule has 2 aromatic heterocycles. The van der Waals surface area contributed by atoms with E-state index in [1.54, 1.807) is 24.5 Å². The Hall–Kier alpha value is -1.15. The minimum atomic E-state index is -3.50. The lowest BCUT2D eigenvalue weighted by Gasteiger charge is -2.22. The average Bonchev–Trinajstić information content (AvgIpc) is 3.07. The molecule has 1 atom stereocenters. The minimum absolute atomic E-state index is 0.193. The molecular weight excluding hydrogens is 282 g/mol. The van der Waals surface area contributed by atoms with Crippen LogP contribution in [0.4, 0.5) is 0 Å². The number of rotatable bonds is 5. The molecule has 0 amide bonds. The van der Waals surface area contributed by atoms with Gasteiger partial charge in [0, 0.05) is 30.4 Å². The summed E-state index contributed by atoms with van der Waals surface area (Å²) in [4.78, 5) is 4.13. The molecule has 0 saturated heterocycles. The summed E-state index contributed by atoms with van der Waals surface area (Å²) in [5.74, 6) is 0. The van der Waals surface area contributed by atoms with Crippen LogP contribution in [0, 0.1) is 0 Å². The van der Waals surface area contributed by atoms with E-state index in [1.807, 2.05) is 24.4 Å². The van der Waals surface area contributed by atoms with Gasteiger partial charge in [0.05, 0.1) is 10.9 Å². The van der Waals surface area contributed by atoms with Crippen molar-refractivity contribution in [2.24, 2.45) is 5.73 Å². The van der Waals surface area contributed by atoms with E-state index in [1.165, 1.54) is 10.5 Å².